The number of rotatable bonds is 4. The fourth-order valence-corrected chi connectivity index (χ4v) is 2.18. The van der Waals surface area contributed by atoms with Crippen molar-refractivity contribution in [3.8, 4) is 5.75 Å². The summed E-state index contributed by atoms with van der Waals surface area (Å²) in [5.41, 5.74) is 0.770. The lowest BCUT2D eigenvalue weighted by atomic mass is 10.2. The number of nitrogens with one attached hydrogen (secondary N) is 1. The van der Waals surface area contributed by atoms with Crippen molar-refractivity contribution in [3.63, 3.8) is 0 Å². The number of carbonyl (C=O) groups is 2. The monoisotopic (exact) mass is 282 g/mol. The lowest BCUT2D eigenvalue weighted by Crippen LogP contribution is -2.37. The van der Waals surface area contributed by atoms with Crippen LogP contribution < -0.4 is 15.0 Å². The molecule has 2 amide bonds. The number of hydrogen-bond acceptors (Lipinski definition) is 3. The van der Waals surface area contributed by atoms with E-state index >= 15 is 0 Å². The zero-order valence-corrected chi connectivity index (χ0v) is 11.3. The van der Waals surface area contributed by atoms with Crippen molar-refractivity contribution in [2.24, 2.45) is 0 Å². The zero-order chi connectivity index (χ0) is 13.8. The highest BCUT2D eigenvalue weighted by molar-refractivity contribution is 6.27. The minimum absolute atomic E-state index is 0.0203. The van der Waals surface area contributed by atoms with E-state index in [1.54, 1.807) is 18.1 Å². The molecule has 0 aromatic heterocycles. The van der Waals surface area contributed by atoms with E-state index in [0.29, 0.717) is 18.7 Å². The Morgan fingerprint density at radius 3 is 3.05 bits per heavy atom. The quantitative estimate of drug-likeness (QED) is 0.843. The minimum atomic E-state index is -0.257. The first-order valence-corrected chi connectivity index (χ1v) is 6.47. The predicted molar refractivity (Wildman–Crippen MR) is 72.6 cm³/mol. The van der Waals surface area contributed by atoms with Gasteiger partial charge >= 0.3 is 0 Å². The number of carbonyl (C=O) groups excluding carboxylic acids is 2. The van der Waals surface area contributed by atoms with Gasteiger partial charge in [0, 0.05) is 24.7 Å². The van der Waals surface area contributed by atoms with Crippen LogP contribution in [0.15, 0.2) is 24.3 Å². The Bertz CT molecular complexity index is 493. The van der Waals surface area contributed by atoms with Gasteiger partial charge in [-0.25, -0.2) is 0 Å². The molecule has 1 N–H and O–H groups in total. The van der Waals surface area contributed by atoms with Gasteiger partial charge < -0.3 is 15.0 Å². The van der Waals surface area contributed by atoms with Crippen LogP contribution in [-0.2, 0) is 9.59 Å². The van der Waals surface area contributed by atoms with Gasteiger partial charge in [0.1, 0.15) is 11.6 Å². The van der Waals surface area contributed by atoms with E-state index in [-0.39, 0.29) is 23.7 Å². The predicted octanol–water partition coefficient (Wildman–Crippen LogP) is 1.16. The summed E-state index contributed by atoms with van der Waals surface area (Å²) in [5.74, 6) is 0.322. The molecule has 1 aromatic carbocycles. The molecule has 2 rings (SSSR count). The van der Waals surface area contributed by atoms with Crippen molar-refractivity contribution in [1.29, 1.82) is 0 Å². The number of halogens is 1. The third-order valence-electron chi connectivity index (χ3n) is 2.98. The molecule has 1 saturated heterocycles. The number of amides is 2. The zero-order valence-electron chi connectivity index (χ0n) is 10.6. The first-order chi connectivity index (χ1) is 9.13. The Morgan fingerprint density at radius 2 is 2.37 bits per heavy atom. The van der Waals surface area contributed by atoms with Crippen molar-refractivity contribution < 1.29 is 14.3 Å². The number of hydrogen-bond donors (Lipinski definition) is 1. The molecule has 0 saturated carbocycles. The Balaban J connectivity index is 2.08. The van der Waals surface area contributed by atoms with Gasteiger partial charge in [0.2, 0.25) is 11.8 Å². The fourth-order valence-electron chi connectivity index (χ4n) is 2.10. The van der Waals surface area contributed by atoms with Gasteiger partial charge in [0.15, 0.2) is 0 Å². The van der Waals surface area contributed by atoms with Crippen LogP contribution >= 0.6 is 11.6 Å². The number of ether oxygens (including phenoxy) is 1. The van der Waals surface area contributed by atoms with Crippen molar-refractivity contribution in [1.82, 2.24) is 5.32 Å². The van der Waals surface area contributed by atoms with E-state index < -0.39 is 0 Å². The van der Waals surface area contributed by atoms with Gasteiger partial charge in [-0.1, -0.05) is 6.07 Å². The number of anilines is 1. The summed E-state index contributed by atoms with van der Waals surface area (Å²) in [6.45, 7) is 0.453. The molecule has 1 heterocycles. The second kappa shape index (κ2) is 5.93. The van der Waals surface area contributed by atoms with Gasteiger partial charge in [0.05, 0.1) is 13.2 Å². The van der Waals surface area contributed by atoms with Crippen LogP contribution in [0, 0.1) is 0 Å². The Hall–Kier alpha value is -1.75. The van der Waals surface area contributed by atoms with Crippen LogP contribution in [0.1, 0.15) is 6.42 Å². The van der Waals surface area contributed by atoms with Gasteiger partial charge in [-0.3, -0.25) is 9.59 Å². The molecule has 6 heteroatoms. The molecule has 102 valence electrons. The van der Waals surface area contributed by atoms with Crippen LogP contribution in [0.25, 0.3) is 0 Å². The molecule has 1 atom stereocenters. The van der Waals surface area contributed by atoms with Gasteiger partial charge in [-0.15, -0.1) is 11.6 Å². The van der Waals surface area contributed by atoms with Crippen molar-refractivity contribution >= 4 is 29.1 Å². The molecule has 1 aromatic rings. The van der Waals surface area contributed by atoms with E-state index in [2.05, 4.69) is 5.32 Å². The molecule has 0 spiro atoms. The maximum atomic E-state index is 12.0. The smallest absolute Gasteiger partial charge is 0.235 e. The summed E-state index contributed by atoms with van der Waals surface area (Å²) >= 11 is 5.43. The lowest BCUT2D eigenvalue weighted by molar-refractivity contribution is -0.119. The number of benzene rings is 1. The molecule has 0 aliphatic carbocycles. The summed E-state index contributed by atoms with van der Waals surface area (Å²) in [6.07, 6.45) is 0.292. The highest BCUT2D eigenvalue weighted by Gasteiger charge is 2.31. The highest BCUT2D eigenvalue weighted by Crippen LogP contribution is 2.25. The molecule has 19 heavy (non-hydrogen) atoms. The van der Waals surface area contributed by atoms with E-state index in [0.717, 1.165) is 5.69 Å². The summed E-state index contributed by atoms with van der Waals surface area (Å²) in [7, 11) is 1.58. The van der Waals surface area contributed by atoms with Crippen LogP contribution in [-0.4, -0.2) is 37.4 Å². The second-order valence-electron chi connectivity index (χ2n) is 4.31. The Kier molecular flexibility index (Phi) is 4.27. The molecular formula is C13H15ClN2O3. The number of methoxy groups -OCH3 is 1. The SMILES string of the molecule is COc1cccc(N2C[C@H](NC(=O)CCl)CC2=O)c1. The van der Waals surface area contributed by atoms with E-state index in [1.165, 1.54) is 0 Å². The first kappa shape index (κ1) is 13.7. The van der Waals surface area contributed by atoms with Crippen LogP contribution in [0.3, 0.4) is 0 Å². The van der Waals surface area contributed by atoms with Crippen molar-refractivity contribution in [2.45, 2.75) is 12.5 Å². The van der Waals surface area contributed by atoms with Gasteiger partial charge in [-0.2, -0.15) is 0 Å². The van der Waals surface area contributed by atoms with Gasteiger partial charge in [0.25, 0.3) is 0 Å². The molecule has 1 fully saturated rings. The topological polar surface area (TPSA) is 58.6 Å². The highest BCUT2D eigenvalue weighted by atomic mass is 35.5. The van der Waals surface area contributed by atoms with Crippen LogP contribution in [0.2, 0.25) is 0 Å². The average Bonchev–Trinajstić information content (AvgIpc) is 2.79. The number of alkyl halides is 1. The summed E-state index contributed by atoms with van der Waals surface area (Å²) in [6, 6.07) is 7.09. The minimum Gasteiger partial charge on any atom is -0.497 e. The van der Waals surface area contributed by atoms with Gasteiger partial charge in [-0.05, 0) is 12.1 Å². The normalized spacial score (nSPS) is 18.5. The van der Waals surface area contributed by atoms with Crippen molar-refractivity contribution in [3.05, 3.63) is 24.3 Å². The lowest BCUT2D eigenvalue weighted by Gasteiger charge is -2.17. The summed E-state index contributed by atoms with van der Waals surface area (Å²) in [4.78, 5) is 24.8. The molecule has 1 aliphatic rings. The number of nitrogens with zero attached hydrogens (tertiary/aromatic N) is 1. The molecule has 0 unspecified atom stereocenters. The second-order valence-corrected chi connectivity index (χ2v) is 4.58. The standard InChI is InChI=1S/C13H15ClN2O3/c1-19-11-4-2-3-10(6-11)16-8-9(5-13(16)18)15-12(17)7-14/h2-4,6,9H,5,7-8H2,1H3,(H,15,17)/t9-/m1/s1. The third-order valence-corrected chi connectivity index (χ3v) is 3.22. The molecule has 1 aliphatic heterocycles. The maximum Gasteiger partial charge on any atom is 0.235 e. The summed E-state index contributed by atoms with van der Waals surface area (Å²) in [5, 5.41) is 2.72. The molecule has 0 bridgehead atoms. The average molecular weight is 283 g/mol. The third kappa shape index (κ3) is 3.17. The van der Waals surface area contributed by atoms with Crippen molar-refractivity contribution in [2.75, 3.05) is 24.4 Å². The first-order valence-electron chi connectivity index (χ1n) is 5.93. The fraction of sp³-hybridized carbons (Fsp3) is 0.385. The molecule has 0 radical (unpaired) electrons. The Labute approximate surface area is 116 Å². The van der Waals surface area contributed by atoms with Crippen LogP contribution in [0.4, 0.5) is 5.69 Å². The summed E-state index contributed by atoms with van der Waals surface area (Å²) < 4.78 is 5.13. The maximum absolute atomic E-state index is 12.0. The molecule has 5 nitrogen and oxygen atoms in total. The van der Waals surface area contributed by atoms with E-state index in [4.69, 9.17) is 16.3 Å². The van der Waals surface area contributed by atoms with E-state index in [9.17, 15) is 9.59 Å². The Morgan fingerprint density at radius 1 is 1.58 bits per heavy atom. The van der Waals surface area contributed by atoms with E-state index in [1.807, 2.05) is 18.2 Å². The molecular weight excluding hydrogens is 268 g/mol. The largest absolute Gasteiger partial charge is 0.497 e. The van der Waals surface area contributed by atoms with Crippen LogP contribution in [0.5, 0.6) is 5.75 Å².